The molecule has 0 spiro atoms. The molecule has 0 fully saturated rings. The molecule has 1 unspecified atom stereocenters. The Hall–Kier alpha value is -3.70. The number of carbonyl (C=O) groups is 1. The molecule has 2 aromatic carbocycles. The van der Waals surface area contributed by atoms with Crippen LogP contribution in [0.3, 0.4) is 0 Å². The van der Waals surface area contributed by atoms with Gasteiger partial charge in [0.2, 0.25) is 5.88 Å². The van der Waals surface area contributed by atoms with Gasteiger partial charge in [-0.2, -0.15) is 0 Å². The molecule has 11 heteroatoms. The number of hydrogen-bond donors (Lipinski definition) is 1. The van der Waals surface area contributed by atoms with Crippen LogP contribution in [0.5, 0.6) is 23.1 Å². The maximum Gasteiger partial charge on any atom is 0.257 e. The van der Waals surface area contributed by atoms with E-state index in [-0.39, 0.29) is 24.4 Å². The highest BCUT2D eigenvalue weighted by Crippen LogP contribution is 2.41. The molecule has 5 rings (SSSR count). The van der Waals surface area contributed by atoms with Crippen LogP contribution in [0.2, 0.25) is 0 Å². The van der Waals surface area contributed by atoms with Gasteiger partial charge < -0.3 is 14.2 Å². The molecule has 0 bridgehead atoms. The Morgan fingerprint density at radius 2 is 1.87 bits per heavy atom. The number of sulfone groups is 1. The summed E-state index contributed by atoms with van der Waals surface area (Å²) in [6.45, 7) is 2.10. The summed E-state index contributed by atoms with van der Waals surface area (Å²) in [5.74, 6) is 2.17. The lowest BCUT2D eigenvalue weighted by Crippen LogP contribution is -2.16. The van der Waals surface area contributed by atoms with E-state index in [1.165, 1.54) is 12.3 Å². The third kappa shape index (κ3) is 6.48. The molecule has 3 aromatic rings. The third-order valence-electron chi connectivity index (χ3n) is 6.39. The van der Waals surface area contributed by atoms with Crippen LogP contribution < -0.4 is 18.9 Å². The van der Waals surface area contributed by atoms with Crippen LogP contribution in [0.25, 0.3) is 4.91 Å². The number of pyridine rings is 1. The van der Waals surface area contributed by atoms with Crippen molar-refractivity contribution in [3.63, 3.8) is 0 Å². The van der Waals surface area contributed by atoms with Crippen molar-refractivity contribution in [3.05, 3.63) is 83.1 Å². The first-order chi connectivity index (χ1) is 18.7. The minimum Gasteiger partial charge on any atom is -0.486 e. The van der Waals surface area contributed by atoms with E-state index in [2.05, 4.69) is 9.71 Å². The monoisotopic (exact) mass is 568 g/mol. The number of amides is 1. The average Bonchev–Trinajstić information content (AvgIpc) is 3.46. The van der Waals surface area contributed by atoms with E-state index in [0.29, 0.717) is 40.0 Å². The van der Waals surface area contributed by atoms with Crippen molar-refractivity contribution in [3.8, 4) is 23.1 Å². The van der Waals surface area contributed by atoms with E-state index in [0.717, 1.165) is 29.7 Å². The smallest absolute Gasteiger partial charge is 0.257 e. The maximum atomic E-state index is 12.0. The minimum atomic E-state index is -3.02. The fraction of sp³-hybridized carbons (Fsp3) is 0.286. The molecule has 39 heavy (non-hydrogen) atoms. The molecule has 1 aliphatic carbocycles. The Balaban J connectivity index is 1.24. The summed E-state index contributed by atoms with van der Waals surface area (Å²) >= 11 is 0. The molecule has 0 radical (unpaired) electrons. The molecule has 1 N–H and O–H groups in total. The standard InChI is InChI=1S/C28H28N2O7S2/c1-18-23(13-14-28(29-18)35-15-4-16-39(2,33)34)37-24-6-3-5-21-22(24)11-12-25(21)36-20-9-7-19(8-10-20)26-17-27(31)30-38(26)32/h3,5-10,13-14,17,25H,4,11-12,15-16H2,1-2H3,(H,30,31)/t25-,38?/m1/s1. The highest BCUT2D eigenvalue weighted by Gasteiger charge is 2.28. The van der Waals surface area contributed by atoms with Gasteiger partial charge in [-0.3, -0.25) is 9.52 Å². The van der Waals surface area contributed by atoms with E-state index < -0.39 is 20.8 Å². The van der Waals surface area contributed by atoms with E-state index >= 15 is 0 Å². The number of carbonyl (C=O) groups excluding carboxylic acids is 1. The molecular weight excluding hydrogens is 540 g/mol. The van der Waals surface area contributed by atoms with Gasteiger partial charge >= 0.3 is 0 Å². The van der Waals surface area contributed by atoms with E-state index in [4.69, 9.17) is 14.2 Å². The normalized spacial score (nSPS) is 18.3. The second kappa shape index (κ2) is 11.2. The van der Waals surface area contributed by atoms with Gasteiger partial charge in [0.15, 0.2) is 11.0 Å². The number of nitrogens with one attached hydrogen (secondary N) is 1. The zero-order chi connectivity index (χ0) is 27.6. The van der Waals surface area contributed by atoms with Crippen molar-refractivity contribution in [2.45, 2.75) is 32.3 Å². The third-order valence-corrected chi connectivity index (χ3v) is 8.56. The number of benzene rings is 2. The lowest BCUT2D eigenvalue weighted by molar-refractivity contribution is -0.114. The first-order valence-electron chi connectivity index (χ1n) is 12.5. The number of aryl methyl sites for hydroxylation is 1. The maximum absolute atomic E-state index is 12.0. The van der Waals surface area contributed by atoms with Crippen LogP contribution in [0.15, 0.2) is 60.7 Å². The van der Waals surface area contributed by atoms with Crippen LogP contribution >= 0.6 is 0 Å². The largest absolute Gasteiger partial charge is 0.486 e. The summed E-state index contributed by atoms with van der Waals surface area (Å²) in [7, 11) is -4.55. The summed E-state index contributed by atoms with van der Waals surface area (Å²) in [4.78, 5) is 16.4. The number of aromatic nitrogens is 1. The zero-order valence-electron chi connectivity index (χ0n) is 21.5. The van der Waals surface area contributed by atoms with Gasteiger partial charge in [0.05, 0.1) is 23.0 Å². The van der Waals surface area contributed by atoms with Crippen LogP contribution in [0.1, 0.15) is 41.3 Å². The van der Waals surface area contributed by atoms with E-state index in [9.17, 15) is 17.4 Å². The Bertz CT molecular complexity index is 1570. The molecule has 204 valence electrons. The molecule has 9 nitrogen and oxygen atoms in total. The number of hydrogen-bond acceptors (Lipinski definition) is 8. The molecule has 2 heterocycles. The number of ether oxygens (including phenoxy) is 3. The van der Waals surface area contributed by atoms with Crippen molar-refractivity contribution in [1.29, 1.82) is 0 Å². The summed E-state index contributed by atoms with van der Waals surface area (Å²) in [5.41, 5.74) is 3.50. The van der Waals surface area contributed by atoms with Crippen LogP contribution in [-0.4, -0.2) is 42.1 Å². The van der Waals surface area contributed by atoms with Crippen molar-refractivity contribution in [2.75, 3.05) is 18.6 Å². The molecule has 1 aromatic heterocycles. The molecule has 0 saturated heterocycles. The second-order valence-electron chi connectivity index (χ2n) is 9.40. The van der Waals surface area contributed by atoms with Crippen molar-refractivity contribution in [1.82, 2.24) is 9.71 Å². The van der Waals surface area contributed by atoms with Crippen LogP contribution in [0, 0.1) is 6.92 Å². The summed E-state index contributed by atoms with van der Waals surface area (Å²) < 4.78 is 55.0. The number of fused-ring (bicyclic) bond motifs is 1. The molecule has 1 amide bonds. The van der Waals surface area contributed by atoms with Crippen molar-refractivity contribution in [2.24, 2.45) is 0 Å². The quantitative estimate of drug-likeness (QED) is 0.362. The van der Waals surface area contributed by atoms with E-state index in [1.807, 2.05) is 37.3 Å². The molecule has 2 aliphatic rings. The fourth-order valence-electron chi connectivity index (χ4n) is 4.53. The summed E-state index contributed by atoms with van der Waals surface area (Å²) in [6.07, 6.45) is 4.40. The Morgan fingerprint density at radius 3 is 2.56 bits per heavy atom. The highest BCUT2D eigenvalue weighted by molar-refractivity contribution is 7.94. The van der Waals surface area contributed by atoms with Crippen molar-refractivity contribution < 1.29 is 31.6 Å². The molecule has 2 atom stereocenters. The van der Waals surface area contributed by atoms with Gasteiger partial charge in [-0.1, -0.05) is 24.3 Å². The van der Waals surface area contributed by atoms with Crippen molar-refractivity contribution >= 4 is 31.6 Å². The lowest BCUT2D eigenvalue weighted by Gasteiger charge is -2.17. The molecule has 1 aliphatic heterocycles. The average molecular weight is 569 g/mol. The first kappa shape index (κ1) is 26.9. The van der Waals surface area contributed by atoms with Gasteiger partial charge in [0.25, 0.3) is 5.91 Å². The topological polar surface area (TPSA) is 121 Å². The Kier molecular flexibility index (Phi) is 7.72. The minimum absolute atomic E-state index is 0.0720. The van der Waals surface area contributed by atoms with Gasteiger partial charge in [-0.15, -0.1) is 0 Å². The van der Waals surface area contributed by atoms with E-state index in [1.54, 1.807) is 24.3 Å². The summed E-state index contributed by atoms with van der Waals surface area (Å²) in [6, 6.07) is 16.6. The zero-order valence-corrected chi connectivity index (χ0v) is 23.1. The van der Waals surface area contributed by atoms with Gasteiger partial charge in [0.1, 0.15) is 33.2 Å². The SMILES string of the molecule is Cc1nc(OCCCS(C)(=O)=O)ccc1Oc1cccc2c1CC[C@H]2Oc1ccc(C2=CC(=O)NS2=O)cc1. The predicted octanol–water partition coefficient (Wildman–Crippen LogP) is 4.20. The second-order valence-corrected chi connectivity index (χ2v) is 12.8. The lowest BCUT2D eigenvalue weighted by atomic mass is 10.1. The fourth-order valence-corrected chi connectivity index (χ4v) is 6.09. The molecular formula is C28H28N2O7S2. The van der Waals surface area contributed by atoms with Gasteiger partial charge in [-0.25, -0.2) is 17.6 Å². The van der Waals surface area contributed by atoms with Crippen LogP contribution in [0.4, 0.5) is 0 Å². The van der Waals surface area contributed by atoms with Gasteiger partial charge in [-0.05, 0) is 61.6 Å². The van der Waals surface area contributed by atoms with Gasteiger partial charge in [0, 0.05) is 24.0 Å². The Morgan fingerprint density at radius 1 is 1.08 bits per heavy atom. The Labute approximate surface area is 229 Å². The predicted molar refractivity (Wildman–Crippen MR) is 148 cm³/mol. The van der Waals surface area contributed by atoms with Crippen LogP contribution in [-0.2, 0) is 32.0 Å². The first-order valence-corrected chi connectivity index (χ1v) is 15.7. The highest BCUT2D eigenvalue weighted by atomic mass is 32.2. The number of rotatable bonds is 10. The summed E-state index contributed by atoms with van der Waals surface area (Å²) in [5, 5.41) is 0. The number of nitrogens with zero attached hydrogens (tertiary/aromatic N) is 1. The molecule has 0 saturated carbocycles.